The summed E-state index contributed by atoms with van der Waals surface area (Å²) in [6, 6.07) is 9.85. The molecule has 1 unspecified atom stereocenters. The number of nitrogens with two attached hydrogens (primary N) is 1. The smallest absolute Gasteiger partial charge is 0.129 e. The van der Waals surface area contributed by atoms with Gasteiger partial charge in [0.05, 0.1) is 5.52 Å². The summed E-state index contributed by atoms with van der Waals surface area (Å²) < 4.78 is 0. The number of hydrogen-bond acceptors (Lipinski definition) is 3. The minimum atomic E-state index is 0.107. The van der Waals surface area contributed by atoms with Gasteiger partial charge in [0.1, 0.15) is 11.7 Å². The highest BCUT2D eigenvalue weighted by Crippen LogP contribution is 2.27. The molecule has 1 aliphatic heterocycles. The number of benzene rings is 1. The van der Waals surface area contributed by atoms with Gasteiger partial charge in [-0.2, -0.15) is 0 Å². The second-order valence-corrected chi connectivity index (χ2v) is 5.47. The van der Waals surface area contributed by atoms with E-state index < -0.39 is 0 Å². The number of hydrogen-bond donors (Lipinski definition) is 2. The Kier molecular flexibility index (Phi) is 3.30. The quantitative estimate of drug-likeness (QED) is 0.664. The fourth-order valence-electron chi connectivity index (χ4n) is 2.92. The van der Waals surface area contributed by atoms with Crippen LogP contribution in [0.1, 0.15) is 25.3 Å². The van der Waals surface area contributed by atoms with Gasteiger partial charge in [0.2, 0.25) is 0 Å². The molecule has 0 saturated carbocycles. The molecule has 0 bridgehead atoms. The van der Waals surface area contributed by atoms with Crippen LogP contribution in [0, 0.1) is 11.3 Å². The Morgan fingerprint density at radius 3 is 2.95 bits per heavy atom. The summed E-state index contributed by atoms with van der Waals surface area (Å²) in [6.07, 6.45) is 2.43. The van der Waals surface area contributed by atoms with Gasteiger partial charge in [-0.05, 0) is 24.5 Å². The first kappa shape index (κ1) is 12.9. The molecule has 1 aromatic heterocycles. The van der Waals surface area contributed by atoms with E-state index in [-0.39, 0.29) is 5.84 Å². The Morgan fingerprint density at radius 2 is 2.25 bits per heavy atom. The van der Waals surface area contributed by atoms with Crippen molar-refractivity contribution in [3.05, 3.63) is 35.9 Å². The predicted octanol–water partition coefficient (Wildman–Crippen LogP) is 2.76. The maximum Gasteiger partial charge on any atom is 0.129 e. The lowest BCUT2D eigenvalue weighted by Crippen LogP contribution is -2.22. The molecule has 1 fully saturated rings. The molecule has 1 aliphatic rings. The number of nitrogens with one attached hydrogen (secondary N) is 1. The molecule has 4 nitrogen and oxygen atoms in total. The first-order valence-corrected chi connectivity index (χ1v) is 7.18. The third kappa shape index (κ3) is 2.22. The molecule has 0 spiro atoms. The number of aromatic nitrogens is 1. The van der Waals surface area contributed by atoms with Gasteiger partial charge in [0.25, 0.3) is 0 Å². The van der Waals surface area contributed by atoms with Crippen LogP contribution in [0.5, 0.6) is 0 Å². The summed E-state index contributed by atoms with van der Waals surface area (Å²) in [5, 5.41) is 8.75. The monoisotopic (exact) mass is 268 g/mol. The van der Waals surface area contributed by atoms with Crippen LogP contribution >= 0.6 is 0 Å². The number of nitrogen functional groups attached to an aromatic ring is 1. The Bertz CT molecular complexity index is 650. The summed E-state index contributed by atoms with van der Waals surface area (Å²) in [5.74, 6) is 1.81. The van der Waals surface area contributed by atoms with E-state index in [1.54, 1.807) is 0 Å². The summed E-state index contributed by atoms with van der Waals surface area (Å²) >= 11 is 0. The fraction of sp³-hybridized carbons (Fsp3) is 0.375. The second-order valence-electron chi connectivity index (χ2n) is 5.47. The molecule has 104 valence electrons. The van der Waals surface area contributed by atoms with Crippen molar-refractivity contribution in [2.45, 2.75) is 19.8 Å². The van der Waals surface area contributed by atoms with E-state index in [1.165, 1.54) is 12.8 Å². The van der Waals surface area contributed by atoms with Crippen molar-refractivity contribution in [3.8, 4) is 0 Å². The van der Waals surface area contributed by atoms with Crippen LogP contribution in [0.4, 0.5) is 5.82 Å². The third-order valence-electron chi connectivity index (χ3n) is 4.18. The van der Waals surface area contributed by atoms with Crippen LogP contribution in [0.15, 0.2) is 30.3 Å². The van der Waals surface area contributed by atoms with Gasteiger partial charge in [0.15, 0.2) is 0 Å². The van der Waals surface area contributed by atoms with Crippen molar-refractivity contribution in [1.82, 2.24) is 4.98 Å². The zero-order valence-electron chi connectivity index (χ0n) is 11.8. The molecule has 2 aromatic rings. The van der Waals surface area contributed by atoms with E-state index in [9.17, 15) is 0 Å². The highest BCUT2D eigenvalue weighted by molar-refractivity contribution is 6.07. The summed E-state index contributed by atoms with van der Waals surface area (Å²) in [4.78, 5) is 7.06. The van der Waals surface area contributed by atoms with E-state index in [1.807, 2.05) is 30.3 Å². The Labute approximate surface area is 119 Å². The van der Waals surface area contributed by atoms with Crippen LogP contribution in [0.25, 0.3) is 10.9 Å². The minimum absolute atomic E-state index is 0.107. The third-order valence-corrected chi connectivity index (χ3v) is 4.18. The number of anilines is 1. The molecule has 0 radical (unpaired) electrons. The van der Waals surface area contributed by atoms with Crippen molar-refractivity contribution in [2.24, 2.45) is 11.7 Å². The Hall–Kier alpha value is -2.10. The molecule has 1 aromatic carbocycles. The molecule has 1 atom stereocenters. The molecule has 3 rings (SSSR count). The van der Waals surface area contributed by atoms with E-state index in [0.29, 0.717) is 0 Å². The second kappa shape index (κ2) is 5.12. The highest BCUT2D eigenvalue weighted by atomic mass is 15.2. The Balaban J connectivity index is 2.06. The molecule has 0 amide bonds. The van der Waals surface area contributed by atoms with Gasteiger partial charge < -0.3 is 10.6 Å². The molecule has 3 N–H and O–H groups in total. The van der Waals surface area contributed by atoms with Crippen LogP contribution in [0.2, 0.25) is 0 Å². The van der Waals surface area contributed by atoms with Gasteiger partial charge >= 0.3 is 0 Å². The van der Waals surface area contributed by atoms with Gasteiger partial charge in [0, 0.05) is 24.0 Å². The van der Waals surface area contributed by atoms with Gasteiger partial charge in [-0.3, -0.25) is 5.41 Å². The lowest BCUT2D eigenvalue weighted by molar-refractivity contribution is 0.569. The predicted molar refractivity (Wildman–Crippen MR) is 83.4 cm³/mol. The molecule has 1 saturated heterocycles. The molecule has 2 heterocycles. The lowest BCUT2D eigenvalue weighted by Gasteiger charge is -2.19. The molecule has 4 heteroatoms. The number of fused-ring (bicyclic) bond motifs is 1. The molecular weight excluding hydrogens is 248 g/mol. The number of rotatable bonds is 3. The number of para-hydroxylation sites is 1. The standard InChI is InChI=1S/C16H20N4/c1-2-11-7-8-20(10-11)15-9-13(16(17)18)12-5-3-4-6-14(12)19-15/h3-6,9,11H,2,7-8,10H2,1H3,(H3,17,18). The zero-order valence-corrected chi connectivity index (χ0v) is 11.8. The van der Waals surface area contributed by atoms with Crippen molar-refractivity contribution in [1.29, 1.82) is 5.41 Å². The van der Waals surface area contributed by atoms with Gasteiger partial charge in [-0.1, -0.05) is 31.5 Å². The molecule has 0 aliphatic carbocycles. The lowest BCUT2D eigenvalue weighted by atomic mass is 10.1. The van der Waals surface area contributed by atoms with E-state index in [2.05, 4.69) is 11.8 Å². The fourth-order valence-corrected chi connectivity index (χ4v) is 2.92. The topological polar surface area (TPSA) is 66.0 Å². The zero-order chi connectivity index (χ0) is 14.1. The normalized spacial score (nSPS) is 18.6. The Morgan fingerprint density at radius 1 is 1.45 bits per heavy atom. The van der Waals surface area contributed by atoms with Crippen LogP contribution in [-0.4, -0.2) is 23.9 Å². The maximum absolute atomic E-state index is 7.79. The maximum atomic E-state index is 7.79. The number of amidine groups is 1. The largest absolute Gasteiger partial charge is 0.384 e. The van der Waals surface area contributed by atoms with Gasteiger partial charge in [-0.25, -0.2) is 4.98 Å². The summed E-state index contributed by atoms with van der Waals surface area (Å²) in [7, 11) is 0. The average Bonchev–Trinajstić information content (AvgIpc) is 2.95. The van der Waals surface area contributed by atoms with Crippen molar-refractivity contribution in [3.63, 3.8) is 0 Å². The SMILES string of the molecule is CCC1CCN(c2cc(C(=N)N)c3ccccc3n2)C1. The first-order valence-electron chi connectivity index (χ1n) is 7.18. The van der Waals surface area contributed by atoms with Crippen molar-refractivity contribution >= 4 is 22.6 Å². The van der Waals surface area contributed by atoms with Crippen LogP contribution < -0.4 is 10.6 Å². The number of pyridine rings is 1. The van der Waals surface area contributed by atoms with Crippen molar-refractivity contribution in [2.75, 3.05) is 18.0 Å². The highest BCUT2D eigenvalue weighted by Gasteiger charge is 2.23. The first-order chi connectivity index (χ1) is 9.69. The minimum Gasteiger partial charge on any atom is -0.384 e. The summed E-state index contributed by atoms with van der Waals surface area (Å²) in [5.41, 5.74) is 7.43. The molecule has 20 heavy (non-hydrogen) atoms. The summed E-state index contributed by atoms with van der Waals surface area (Å²) in [6.45, 7) is 4.34. The van der Waals surface area contributed by atoms with Crippen molar-refractivity contribution < 1.29 is 0 Å². The van der Waals surface area contributed by atoms with E-state index >= 15 is 0 Å². The van der Waals surface area contributed by atoms with E-state index in [0.717, 1.165) is 41.3 Å². The van der Waals surface area contributed by atoms with Gasteiger partial charge in [-0.15, -0.1) is 0 Å². The van der Waals surface area contributed by atoms with Crippen LogP contribution in [0.3, 0.4) is 0 Å². The van der Waals surface area contributed by atoms with Crippen LogP contribution in [-0.2, 0) is 0 Å². The van der Waals surface area contributed by atoms with E-state index in [4.69, 9.17) is 16.1 Å². The number of nitrogens with zero attached hydrogens (tertiary/aromatic N) is 2. The molecular formula is C16H20N4. The average molecular weight is 268 g/mol.